The maximum Gasteiger partial charge on any atom is 0.252 e. The van der Waals surface area contributed by atoms with Crippen LogP contribution < -0.4 is 10.6 Å². The second-order valence-electron chi connectivity index (χ2n) is 4.61. The van der Waals surface area contributed by atoms with Gasteiger partial charge in [-0.1, -0.05) is 30.0 Å². The Labute approximate surface area is 129 Å². The van der Waals surface area contributed by atoms with Gasteiger partial charge < -0.3 is 10.6 Å². The smallest absolute Gasteiger partial charge is 0.252 e. The van der Waals surface area contributed by atoms with Crippen molar-refractivity contribution >= 4 is 17.5 Å². The molecule has 0 fully saturated rings. The molecule has 4 nitrogen and oxygen atoms in total. The van der Waals surface area contributed by atoms with E-state index in [1.54, 1.807) is 24.3 Å². The number of carbonyl (C=O) groups is 2. The summed E-state index contributed by atoms with van der Waals surface area (Å²) in [6.45, 7) is 1.74. The van der Waals surface area contributed by atoms with Crippen LogP contribution in [0.15, 0.2) is 54.6 Å². The van der Waals surface area contributed by atoms with Crippen molar-refractivity contribution in [1.29, 1.82) is 0 Å². The Bertz CT molecular complexity index is 710. The second kappa shape index (κ2) is 7.65. The quantitative estimate of drug-likeness (QED) is 0.854. The maximum atomic E-state index is 11.8. The van der Waals surface area contributed by atoms with Gasteiger partial charge in [-0.2, -0.15) is 0 Å². The Morgan fingerprint density at radius 3 is 2.32 bits per heavy atom. The summed E-state index contributed by atoms with van der Waals surface area (Å²) in [6.07, 6.45) is 0. The van der Waals surface area contributed by atoms with Crippen LogP contribution in [0.1, 0.15) is 22.8 Å². The zero-order valence-electron chi connectivity index (χ0n) is 12.2. The molecule has 110 valence electrons. The minimum atomic E-state index is -0.143. The molecule has 0 aromatic heterocycles. The molecule has 2 amide bonds. The monoisotopic (exact) mass is 292 g/mol. The Morgan fingerprint density at radius 2 is 1.68 bits per heavy atom. The molecule has 2 N–H and O–H groups in total. The first kappa shape index (κ1) is 15.3. The van der Waals surface area contributed by atoms with E-state index in [0.29, 0.717) is 5.56 Å². The second-order valence-corrected chi connectivity index (χ2v) is 4.61. The van der Waals surface area contributed by atoms with Crippen LogP contribution in [0, 0.1) is 11.8 Å². The lowest BCUT2D eigenvalue weighted by Gasteiger charge is -2.01. The number of rotatable bonds is 3. The summed E-state index contributed by atoms with van der Waals surface area (Å²) in [4.78, 5) is 22.7. The van der Waals surface area contributed by atoms with Crippen LogP contribution in [0.4, 0.5) is 5.69 Å². The van der Waals surface area contributed by atoms with Crippen LogP contribution >= 0.6 is 0 Å². The largest absolute Gasteiger partial charge is 0.341 e. The fourth-order valence-electron chi connectivity index (χ4n) is 1.80. The van der Waals surface area contributed by atoms with E-state index < -0.39 is 0 Å². The normalized spacial score (nSPS) is 9.32. The molecule has 0 aliphatic rings. The van der Waals surface area contributed by atoms with E-state index in [2.05, 4.69) is 22.5 Å². The molecule has 0 heterocycles. The zero-order chi connectivity index (χ0) is 15.8. The van der Waals surface area contributed by atoms with Crippen molar-refractivity contribution < 1.29 is 9.59 Å². The highest BCUT2D eigenvalue weighted by atomic mass is 16.2. The summed E-state index contributed by atoms with van der Waals surface area (Å²) in [5, 5.41) is 5.43. The first-order valence-electron chi connectivity index (χ1n) is 6.85. The van der Waals surface area contributed by atoms with Gasteiger partial charge in [0.05, 0.1) is 6.54 Å². The molecule has 2 rings (SSSR count). The van der Waals surface area contributed by atoms with Gasteiger partial charge in [0.1, 0.15) is 0 Å². The van der Waals surface area contributed by atoms with Gasteiger partial charge in [0.15, 0.2) is 0 Å². The van der Waals surface area contributed by atoms with Crippen molar-refractivity contribution in [2.75, 3.05) is 11.9 Å². The van der Waals surface area contributed by atoms with Crippen LogP contribution in [0.3, 0.4) is 0 Å². The van der Waals surface area contributed by atoms with E-state index in [4.69, 9.17) is 0 Å². The average Bonchev–Trinajstić information content (AvgIpc) is 2.53. The molecule has 22 heavy (non-hydrogen) atoms. The van der Waals surface area contributed by atoms with Crippen molar-refractivity contribution in [3.05, 3.63) is 65.7 Å². The lowest BCUT2D eigenvalue weighted by atomic mass is 10.2. The highest BCUT2D eigenvalue weighted by Gasteiger charge is 2.01. The molecule has 0 atom stereocenters. The third-order valence-electron chi connectivity index (χ3n) is 2.81. The number of amides is 2. The van der Waals surface area contributed by atoms with Crippen molar-refractivity contribution in [2.45, 2.75) is 6.92 Å². The van der Waals surface area contributed by atoms with E-state index >= 15 is 0 Å². The van der Waals surface area contributed by atoms with Gasteiger partial charge >= 0.3 is 0 Å². The molecule has 0 saturated carbocycles. The van der Waals surface area contributed by atoms with Crippen LogP contribution in [0.5, 0.6) is 0 Å². The standard InChI is InChI=1S/C18H16N2O2/c1-14(21)20-17-11-9-15(10-12-17)6-5-13-19-18(22)16-7-3-2-4-8-16/h2-4,7-12H,13H2,1H3,(H,19,22)(H,20,21). The van der Waals surface area contributed by atoms with E-state index in [-0.39, 0.29) is 18.4 Å². The zero-order valence-corrected chi connectivity index (χ0v) is 12.2. The Balaban J connectivity index is 1.86. The Kier molecular flexibility index (Phi) is 5.33. The van der Waals surface area contributed by atoms with E-state index in [1.165, 1.54) is 6.92 Å². The molecule has 2 aromatic carbocycles. The number of hydrogen-bond acceptors (Lipinski definition) is 2. The molecule has 0 aliphatic carbocycles. The van der Waals surface area contributed by atoms with Gasteiger partial charge in [0, 0.05) is 23.7 Å². The van der Waals surface area contributed by atoms with E-state index in [9.17, 15) is 9.59 Å². The van der Waals surface area contributed by atoms with Crippen molar-refractivity contribution in [3.63, 3.8) is 0 Å². The van der Waals surface area contributed by atoms with E-state index in [0.717, 1.165) is 11.3 Å². The first-order valence-corrected chi connectivity index (χ1v) is 6.85. The molecule has 0 spiro atoms. The lowest BCUT2D eigenvalue weighted by molar-refractivity contribution is -0.114. The minimum absolute atomic E-state index is 0.109. The highest BCUT2D eigenvalue weighted by molar-refractivity contribution is 5.94. The lowest BCUT2D eigenvalue weighted by Crippen LogP contribution is -2.23. The van der Waals surface area contributed by atoms with Crippen LogP contribution in [-0.2, 0) is 4.79 Å². The molecule has 0 saturated heterocycles. The number of hydrogen-bond donors (Lipinski definition) is 2. The summed E-state index contributed by atoms with van der Waals surface area (Å²) < 4.78 is 0. The number of carbonyl (C=O) groups excluding carboxylic acids is 2. The average molecular weight is 292 g/mol. The highest BCUT2D eigenvalue weighted by Crippen LogP contribution is 2.08. The number of benzene rings is 2. The third kappa shape index (κ3) is 4.80. The molecule has 2 aromatic rings. The molecular weight excluding hydrogens is 276 g/mol. The predicted octanol–water partition coefficient (Wildman–Crippen LogP) is 2.43. The number of nitrogens with one attached hydrogen (secondary N) is 2. The maximum absolute atomic E-state index is 11.8. The van der Waals surface area contributed by atoms with Crippen LogP contribution in [0.25, 0.3) is 0 Å². The summed E-state index contributed by atoms with van der Waals surface area (Å²) in [5.74, 6) is 5.60. The van der Waals surface area contributed by atoms with Gasteiger partial charge in [0.25, 0.3) is 5.91 Å². The van der Waals surface area contributed by atoms with Gasteiger partial charge in [-0.15, -0.1) is 0 Å². The van der Waals surface area contributed by atoms with Crippen molar-refractivity contribution in [3.8, 4) is 11.8 Å². The Morgan fingerprint density at radius 1 is 1.00 bits per heavy atom. The Hall–Kier alpha value is -3.06. The summed E-state index contributed by atoms with van der Waals surface area (Å²) in [6, 6.07) is 16.2. The molecule has 4 heteroatoms. The van der Waals surface area contributed by atoms with Crippen molar-refractivity contribution in [2.24, 2.45) is 0 Å². The summed E-state index contributed by atoms with van der Waals surface area (Å²) in [5.41, 5.74) is 2.17. The van der Waals surface area contributed by atoms with Gasteiger partial charge in [-0.3, -0.25) is 9.59 Å². The van der Waals surface area contributed by atoms with Crippen molar-refractivity contribution in [1.82, 2.24) is 5.32 Å². The fourth-order valence-corrected chi connectivity index (χ4v) is 1.80. The molecule has 0 bridgehead atoms. The predicted molar refractivity (Wildman–Crippen MR) is 86.4 cm³/mol. The van der Waals surface area contributed by atoms with Gasteiger partial charge in [-0.05, 0) is 36.4 Å². The molecular formula is C18H16N2O2. The van der Waals surface area contributed by atoms with Gasteiger partial charge in [-0.25, -0.2) is 0 Å². The molecule has 0 unspecified atom stereocenters. The van der Waals surface area contributed by atoms with E-state index in [1.807, 2.05) is 30.3 Å². The third-order valence-corrected chi connectivity index (χ3v) is 2.81. The molecule has 0 aliphatic heterocycles. The topological polar surface area (TPSA) is 58.2 Å². The molecule has 0 radical (unpaired) electrons. The van der Waals surface area contributed by atoms with Crippen LogP contribution in [-0.4, -0.2) is 18.4 Å². The number of anilines is 1. The summed E-state index contributed by atoms with van der Waals surface area (Å²) in [7, 11) is 0. The van der Waals surface area contributed by atoms with Gasteiger partial charge in [0.2, 0.25) is 5.91 Å². The minimum Gasteiger partial charge on any atom is -0.341 e. The summed E-state index contributed by atoms with van der Waals surface area (Å²) >= 11 is 0. The first-order chi connectivity index (χ1) is 10.6. The fraction of sp³-hybridized carbons (Fsp3) is 0.111. The SMILES string of the molecule is CC(=O)Nc1ccc(C#CCNC(=O)c2ccccc2)cc1. The van der Waals surface area contributed by atoms with Crippen LogP contribution in [0.2, 0.25) is 0 Å².